The minimum absolute atomic E-state index is 0.0272. The Bertz CT molecular complexity index is 1070. The third-order valence-corrected chi connectivity index (χ3v) is 4.49. The number of aromatic nitrogens is 2. The molecular weight excluding hydrogens is 417 g/mol. The number of nitrogens with zero attached hydrogens (tertiary/aromatic N) is 3. The lowest BCUT2D eigenvalue weighted by Gasteiger charge is -2.28. The summed E-state index contributed by atoms with van der Waals surface area (Å²) >= 11 is 0. The molecule has 31 heavy (non-hydrogen) atoms. The molecule has 0 spiro atoms. The number of nitrogens with two attached hydrogens (primary N) is 2. The van der Waals surface area contributed by atoms with Crippen LogP contribution in [0.1, 0.15) is 35.0 Å². The van der Waals surface area contributed by atoms with Gasteiger partial charge in [-0.1, -0.05) is 12.1 Å². The maximum atomic E-state index is 13.4. The number of nitrogens with one attached hydrogen (secondary N) is 1. The number of benzene rings is 1. The van der Waals surface area contributed by atoms with E-state index in [9.17, 15) is 27.9 Å². The number of primary amides is 1. The van der Waals surface area contributed by atoms with Gasteiger partial charge in [0.2, 0.25) is 0 Å². The fraction of sp³-hybridized carbons (Fsp3) is 0.316. The van der Waals surface area contributed by atoms with E-state index in [-0.39, 0.29) is 29.2 Å². The van der Waals surface area contributed by atoms with E-state index >= 15 is 0 Å². The van der Waals surface area contributed by atoms with Gasteiger partial charge in [-0.05, 0) is 25.5 Å². The number of rotatable bonds is 6. The predicted molar refractivity (Wildman–Crippen MR) is 103 cm³/mol. The van der Waals surface area contributed by atoms with Crippen LogP contribution in [0.25, 0.3) is 11.3 Å². The van der Waals surface area contributed by atoms with Gasteiger partial charge in [-0.2, -0.15) is 18.4 Å². The number of halogens is 3. The molecule has 2 aromatic rings. The first kappa shape index (κ1) is 23.6. The average molecular weight is 436 g/mol. The Morgan fingerprint density at radius 2 is 2.00 bits per heavy atom. The van der Waals surface area contributed by atoms with Crippen molar-refractivity contribution < 1.29 is 27.9 Å². The first-order valence-electron chi connectivity index (χ1n) is 8.83. The lowest BCUT2D eigenvalue weighted by molar-refractivity contribution is -0.255. The van der Waals surface area contributed by atoms with Gasteiger partial charge in [-0.15, -0.1) is 0 Å². The number of hydrogen-bond donors (Lipinski definition) is 4. The summed E-state index contributed by atoms with van der Waals surface area (Å²) in [6.45, 7) is 3.13. The standard InChI is InChI=1S/C19H19F3N6O3/c1-9-3-4-11(18(31,17(25)30)19(20,21)22)7-12(9)13-8-26-15(24)14(28-13)16(29)27-10(2)5-6-23/h3-4,7-8,10,31H,5H2,1-2H3,(H2,24,26)(H2,25,30)(H,27,29)/t10-,18?/m0/s1. The smallest absolute Gasteiger partial charge is 0.382 e. The summed E-state index contributed by atoms with van der Waals surface area (Å²) < 4.78 is 40.2. The van der Waals surface area contributed by atoms with Crippen LogP contribution in [0.3, 0.4) is 0 Å². The van der Waals surface area contributed by atoms with E-state index < -0.39 is 35.2 Å². The molecule has 0 aliphatic heterocycles. The maximum Gasteiger partial charge on any atom is 0.430 e. The molecule has 0 aliphatic rings. The highest BCUT2D eigenvalue weighted by atomic mass is 19.4. The second-order valence-electron chi connectivity index (χ2n) is 6.83. The molecule has 6 N–H and O–H groups in total. The summed E-state index contributed by atoms with van der Waals surface area (Å²) in [4.78, 5) is 31.8. The number of alkyl halides is 3. The number of nitriles is 1. The van der Waals surface area contributed by atoms with Crippen molar-refractivity contribution in [1.82, 2.24) is 15.3 Å². The number of nitrogen functional groups attached to an aromatic ring is 1. The highest BCUT2D eigenvalue weighted by Gasteiger charge is 2.60. The van der Waals surface area contributed by atoms with Crippen LogP contribution in [0.4, 0.5) is 19.0 Å². The Morgan fingerprint density at radius 1 is 1.35 bits per heavy atom. The largest absolute Gasteiger partial charge is 0.430 e. The predicted octanol–water partition coefficient (Wildman–Crippen LogP) is 1.30. The van der Waals surface area contributed by atoms with Crippen LogP contribution >= 0.6 is 0 Å². The van der Waals surface area contributed by atoms with E-state index in [1.54, 1.807) is 13.8 Å². The fourth-order valence-corrected chi connectivity index (χ4v) is 2.74. The number of amides is 2. The van der Waals surface area contributed by atoms with Gasteiger partial charge in [0.25, 0.3) is 17.4 Å². The average Bonchev–Trinajstić information content (AvgIpc) is 2.67. The molecular formula is C19H19F3N6O3. The highest BCUT2D eigenvalue weighted by molar-refractivity contribution is 5.97. The molecule has 12 heteroatoms. The van der Waals surface area contributed by atoms with E-state index in [1.165, 1.54) is 6.07 Å². The van der Waals surface area contributed by atoms with Gasteiger partial charge in [0.1, 0.15) is 0 Å². The Kier molecular flexibility index (Phi) is 6.51. The molecule has 2 atom stereocenters. The fourth-order valence-electron chi connectivity index (χ4n) is 2.74. The summed E-state index contributed by atoms with van der Waals surface area (Å²) in [5, 5.41) is 21.3. The molecule has 0 bridgehead atoms. The number of aliphatic hydroxyl groups is 1. The van der Waals surface area contributed by atoms with Crippen molar-refractivity contribution in [1.29, 1.82) is 5.26 Å². The summed E-state index contributed by atoms with van der Waals surface area (Å²) in [6, 6.07) is 4.43. The van der Waals surface area contributed by atoms with E-state index in [2.05, 4.69) is 15.3 Å². The molecule has 0 saturated carbocycles. The van der Waals surface area contributed by atoms with Gasteiger partial charge in [-0.25, -0.2) is 9.97 Å². The minimum atomic E-state index is -5.37. The zero-order valence-corrected chi connectivity index (χ0v) is 16.5. The van der Waals surface area contributed by atoms with E-state index in [0.29, 0.717) is 5.56 Å². The molecule has 2 rings (SSSR count). The monoisotopic (exact) mass is 436 g/mol. The second kappa shape index (κ2) is 8.57. The summed E-state index contributed by atoms with van der Waals surface area (Å²) in [5.41, 5.74) is 5.95. The van der Waals surface area contributed by atoms with E-state index in [4.69, 9.17) is 16.7 Å². The molecule has 1 aromatic heterocycles. The van der Waals surface area contributed by atoms with E-state index in [0.717, 1.165) is 18.3 Å². The summed E-state index contributed by atoms with van der Waals surface area (Å²) in [5.74, 6) is -2.96. The zero-order valence-electron chi connectivity index (χ0n) is 16.5. The number of hydrogen-bond acceptors (Lipinski definition) is 7. The first-order chi connectivity index (χ1) is 14.3. The second-order valence-corrected chi connectivity index (χ2v) is 6.83. The molecule has 0 fully saturated rings. The maximum absolute atomic E-state index is 13.4. The van der Waals surface area contributed by atoms with Crippen molar-refractivity contribution >= 4 is 17.6 Å². The third kappa shape index (κ3) is 4.56. The molecule has 164 valence electrons. The van der Waals surface area contributed by atoms with Crippen LogP contribution < -0.4 is 16.8 Å². The summed E-state index contributed by atoms with van der Waals surface area (Å²) in [7, 11) is 0. The van der Waals surface area contributed by atoms with Crippen LogP contribution in [0.5, 0.6) is 0 Å². The van der Waals surface area contributed by atoms with Crippen molar-refractivity contribution in [2.45, 2.75) is 38.1 Å². The molecule has 1 unspecified atom stereocenters. The molecule has 1 aromatic carbocycles. The Balaban J connectivity index is 2.58. The topological polar surface area (TPSA) is 168 Å². The van der Waals surface area contributed by atoms with Crippen molar-refractivity contribution in [3.63, 3.8) is 0 Å². The van der Waals surface area contributed by atoms with Gasteiger partial charge in [-0.3, -0.25) is 9.59 Å². The van der Waals surface area contributed by atoms with Crippen LogP contribution in [0.15, 0.2) is 24.4 Å². The third-order valence-electron chi connectivity index (χ3n) is 4.49. The summed E-state index contributed by atoms with van der Waals surface area (Å²) in [6.07, 6.45) is -4.21. The number of carbonyl (C=O) groups excluding carboxylic acids is 2. The van der Waals surface area contributed by atoms with Crippen molar-refractivity contribution in [3.8, 4) is 17.3 Å². The zero-order chi connectivity index (χ0) is 23.6. The minimum Gasteiger partial charge on any atom is -0.382 e. The van der Waals surface area contributed by atoms with Gasteiger partial charge in [0, 0.05) is 17.2 Å². The Morgan fingerprint density at radius 3 is 2.55 bits per heavy atom. The first-order valence-corrected chi connectivity index (χ1v) is 8.83. The van der Waals surface area contributed by atoms with Crippen LogP contribution in [0, 0.1) is 18.3 Å². The Hall–Kier alpha value is -3.72. The van der Waals surface area contributed by atoms with Gasteiger partial charge in [0.15, 0.2) is 11.5 Å². The van der Waals surface area contributed by atoms with Crippen LogP contribution in [-0.4, -0.2) is 39.1 Å². The molecule has 0 radical (unpaired) electrons. The number of aryl methyl sites for hydroxylation is 1. The highest BCUT2D eigenvalue weighted by Crippen LogP contribution is 2.40. The van der Waals surface area contributed by atoms with Crippen LogP contribution in [0.2, 0.25) is 0 Å². The normalized spacial score (nSPS) is 14.2. The molecule has 0 aliphatic carbocycles. The molecule has 2 amide bonds. The van der Waals surface area contributed by atoms with Crippen molar-refractivity contribution in [3.05, 3.63) is 41.2 Å². The van der Waals surface area contributed by atoms with E-state index in [1.807, 2.05) is 6.07 Å². The SMILES string of the molecule is Cc1ccc(C(O)(C(N)=O)C(F)(F)F)cc1-c1cnc(N)c(C(=O)N[C@@H](C)CC#N)n1. The van der Waals surface area contributed by atoms with Gasteiger partial charge >= 0.3 is 6.18 Å². The van der Waals surface area contributed by atoms with Crippen molar-refractivity contribution in [2.24, 2.45) is 5.73 Å². The van der Waals surface area contributed by atoms with Crippen LogP contribution in [-0.2, 0) is 10.4 Å². The molecule has 9 nitrogen and oxygen atoms in total. The van der Waals surface area contributed by atoms with Gasteiger partial charge in [0.05, 0.1) is 24.4 Å². The molecule has 0 saturated heterocycles. The van der Waals surface area contributed by atoms with Crippen molar-refractivity contribution in [2.75, 3.05) is 5.73 Å². The lowest BCUT2D eigenvalue weighted by Crippen LogP contribution is -2.52. The lowest BCUT2D eigenvalue weighted by atomic mass is 9.89. The van der Waals surface area contributed by atoms with Gasteiger partial charge < -0.3 is 21.9 Å². The molecule has 1 heterocycles. The quantitative estimate of drug-likeness (QED) is 0.529. The Labute approximate surface area is 174 Å². The number of anilines is 1. The number of carbonyl (C=O) groups is 2.